The maximum atomic E-state index is 13.1. The summed E-state index contributed by atoms with van der Waals surface area (Å²) in [6, 6.07) is 20.8. The Labute approximate surface area is 197 Å². The van der Waals surface area contributed by atoms with E-state index in [-0.39, 0.29) is 23.8 Å². The van der Waals surface area contributed by atoms with Crippen LogP contribution in [0.25, 0.3) is 21.8 Å². The van der Waals surface area contributed by atoms with E-state index < -0.39 is 0 Å². The lowest BCUT2D eigenvalue weighted by atomic mass is 10.0. The summed E-state index contributed by atoms with van der Waals surface area (Å²) in [5.74, 6) is -0.650. The third-order valence-electron chi connectivity index (χ3n) is 6.27. The monoisotopic (exact) mass is 454 g/mol. The van der Waals surface area contributed by atoms with Crippen molar-refractivity contribution >= 4 is 39.3 Å². The highest BCUT2D eigenvalue weighted by Crippen LogP contribution is 2.32. The van der Waals surface area contributed by atoms with Crippen molar-refractivity contribution in [1.29, 1.82) is 5.41 Å². The summed E-state index contributed by atoms with van der Waals surface area (Å²) in [7, 11) is 0. The minimum Gasteiger partial charge on any atom is -0.463 e. The number of aromatic nitrogens is 1. The zero-order chi connectivity index (χ0) is 23.8. The standard InChI is InChI=1S/C28H26N2O4/c1-17(28(32)34-16-22-15-33-22)14-30-25-10-8-20(18(2)29)12-23(25)24-13-21(9-11-26(24)30)27(31)19-6-4-3-5-7-19/h3-13,17,22,29H,14-16H2,1-2H3. The molecule has 1 aliphatic rings. The van der Waals surface area contributed by atoms with Crippen molar-refractivity contribution in [3.63, 3.8) is 0 Å². The van der Waals surface area contributed by atoms with Gasteiger partial charge in [-0.05, 0) is 42.8 Å². The Balaban J connectivity index is 1.57. The minimum atomic E-state index is -0.354. The fraction of sp³-hybridized carbons (Fsp3) is 0.250. The maximum absolute atomic E-state index is 13.1. The SMILES string of the molecule is CC(=N)c1ccc2c(c1)c1cc(C(=O)c3ccccc3)ccc1n2CC(C)C(=O)OCC1CO1. The molecule has 1 fully saturated rings. The number of carbonyl (C=O) groups excluding carboxylic acids is 2. The van der Waals surface area contributed by atoms with E-state index in [4.69, 9.17) is 14.9 Å². The molecule has 2 atom stereocenters. The number of ether oxygens (including phenoxy) is 2. The summed E-state index contributed by atoms with van der Waals surface area (Å²) in [6.45, 7) is 5.00. The van der Waals surface area contributed by atoms with Crippen LogP contribution in [0, 0.1) is 11.3 Å². The summed E-state index contributed by atoms with van der Waals surface area (Å²) in [5, 5.41) is 9.95. The minimum absolute atomic E-state index is 0.0349. The molecule has 2 heterocycles. The van der Waals surface area contributed by atoms with Crippen LogP contribution < -0.4 is 0 Å². The average molecular weight is 455 g/mol. The molecule has 1 N–H and O–H groups in total. The zero-order valence-electron chi connectivity index (χ0n) is 19.2. The number of hydrogen-bond acceptors (Lipinski definition) is 5. The molecule has 0 bridgehead atoms. The van der Waals surface area contributed by atoms with Crippen LogP contribution >= 0.6 is 0 Å². The van der Waals surface area contributed by atoms with Crippen LogP contribution in [0.5, 0.6) is 0 Å². The number of benzene rings is 3. The highest BCUT2D eigenvalue weighted by atomic mass is 16.6. The molecule has 6 nitrogen and oxygen atoms in total. The van der Waals surface area contributed by atoms with Gasteiger partial charge < -0.3 is 19.5 Å². The van der Waals surface area contributed by atoms with Crippen LogP contribution in [0.15, 0.2) is 66.7 Å². The van der Waals surface area contributed by atoms with E-state index in [0.29, 0.717) is 36.6 Å². The average Bonchev–Trinajstić information content (AvgIpc) is 3.65. The van der Waals surface area contributed by atoms with E-state index in [0.717, 1.165) is 27.4 Å². The number of rotatable bonds is 8. The lowest BCUT2D eigenvalue weighted by molar-refractivity contribution is -0.148. The van der Waals surface area contributed by atoms with Crippen LogP contribution in [0.3, 0.4) is 0 Å². The summed E-state index contributed by atoms with van der Waals surface area (Å²) in [6.07, 6.45) is 0.0349. The Bertz CT molecular complexity index is 1420. The van der Waals surface area contributed by atoms with Crippen molar-refractivity contribution in [1.82, 2.24) is 4.57 Å². The van der Waals surface area contributed by atoms with Crippen molar-refractivity contribution in [2.45, 2.75) is 26.5 Å². The van der Waals surface area contributed by atoms with Gasteiger partial charge in [0.2, 0.25) is 0 Å². The molecule has 0 radical (unpaired) electrons. The molecule has 0 spiro atoms. The molecule has 2 unspecified atom stereocenters. The van der Waals surface area contributed by atoms with Gasteiger partial charge in [0.05, 0.1) is 12.5 Å². The van der Waals surface area contributed by atoms with Crippen molar-refractivity contribution in [3.05, 3.63) is 83.4 Å². The molecule has 6 heteroatoms. The van der Waals surface area contributed by atoms with Crippen LogP contribution in [-0.4, -0.2) is 41.3 Å². The molecule has 0 saturated carbocycles. The van der Waals surface area contributed by atoms with Gasteiger partial charge in [-0.1, -0.05) is 43.3 Å². The first-order valence-electron chi connectivity index (χ1n) is 11.4. The van der Waals surface area contributed by atoms with Crippen molar-refractivity contribution in [2.75, 3.05) is 13.2 Å². The first kappa shape index (κ1) is 22.0. The van der Waals surface area contributed by atoms with E-state index in [1.165, 1.54) is 0 Å². The van der Waals surface area contributed by atoms with E-state index in [1.807, 2.05) is 73.7 Å². The summed E-state index contributed by atoms with van der Waals surface area (Å²) in [5.41, 5.74) is 4.42. The van der Waals surface area contributed by atoms with Crippen molar-refractivity contribution in [3.8, 4) is 0 Å². The lowest BCUT2D eigenvalue weighted by Gasteiger charge is -2.14. The van der Waals surface area contributed by atoms with E-state index in [2.05, 4.69) is 4.57 Å². The molecule has 0 aliphatic carbocycles. The smallest absolute Gasteiger partial charge is 0.310 e. The van der Waals surface area contributed by atoms with Gasteiger partial charge in [-0.25, -0.2) is 0 Å². The van der Waals surface area contributed by atoms with Crippen molar-refractivity contribution < 1.29 is 19.1 Å². The molecule has 172 valence electrons. The van der Waals surface area contributed by atoms with E-state index >= 15 is 0 Å². The van der Waals surface area contributed by atoms with Gasteiger partial charge in [-0.2, -0.15) is 0 Å². The molecular weight excluding hydrogens is 428 g/mol. The first-order chi connectivity index (χ1) is 16.4. The maximum Gasteiger partial charge on any atom is 0.310 e. The van der Waals surface area contributed by atoms with Crippen LogP contribution in [-0.2, 0) is 20.8 Å². The number of carbonyl (C=O) groups is 2. The molecule has 4 aromatic rings. The Kier molecular flexibility index (Phi) is 5.75. The van der Waals surface area contributed by atoms with Crippen LogP contribution in [0.4, 0.5) is 0 Å². The first-order valence-corrected chi connectivity index (χ1v) is 11.4. The number of nitrogens with one attached hydrogen (secondary N) is 1. The fourth-order valence-electron chi connectivity index (χ4n) is 4.26. The normalized spacial score (nSPS) is 15.9. The second-order valence-corrected chi connectivity index (χ2v) is 8.88. The number of hydrogen-bond donors (Lipinski definition) is 1. The van der Waals surface area contributed by atoms with Crippen LogP contribution in [0.1, 0.15) is 35.3 Å². The second-order valence-electron chi connectivity index (χ2n) is 8.88. The van der Waals surface area contributed by atoms with Gasteiger partial charge in [-0.15, -0.1) is 0 Å². The zero-order valence-corrected chi connectivity index (χ0v) is 19.2. The Morgan fingerprint density at radius 3 is 2.24 bits per heavy atom. The fourth-order valence-corrected chi connectivity index (χ4v) is 4.26. The van der Waals surface area contributed by atoms with Gasteiger partial charge in [0, 0.05) is 45.2 Å². The highest BCUT2D eigenvalue weighted by Gasteiger charge is 2.26. The predicted octanol–water partition coefficient (Wildman–Crippen LogP) is 4.99. The Hall–Kier alpha value is -3.77. The number of fused-ring (bicyclic) bond motifs is 3. The Morgan fingerprint density at radius 2 is 1.62 bits per heavy atom. The third kappa shape index (κ3) is 4.24. The second kappa shape index (κ2) is 8.88. The quantitative estimate of drug-likeness (QED) is 0.176. The number of ketones is 1. The van der Waals surface area contributed by atoms with Gasteiger partial charge in [0.15, 0.2) is 5.78 Å². The number of epoxide rings is 1. The summed E-state index contributed by atoms with van der Waals surface area (Å²) < 4.78 is 12.6. The Morgan fingerprint density at radius 1 is 1.00 bits per heavy atom. The van der Waals surface area contributed by atoms with E-state index in [1.54, 1.807) is 6.92 Å². The van der Waals surface area contributed by atoms with Crippen LogP contribution in [0.2, 0.25) is 0 Å². The molecule has 5 rings (SSSR count). The third-order valence-corrected chi connectivity index (χ3v) is 6.27. The predicted molar refractivity (Wildman–Crippen MR) is 132 cm³/mol. The number of nitrogens with zero attached hydrogens (tertiary/aromatic N) is 1. The molecular formula is C28H26N2O4. The van der Waals surface area contributed by atoms with E-state index in [9.17, 15) is 9.59 Å². The molecule has 0 amide bonds. The van der Waals surface area contributed by atoms with Crippen molar-refractivity contribution in [2.24, 2.45) is 5.92 Å². The van der Waals surface area contributed by atoms with Gasteiger partial charge in [0.25, 0.3) is 0 Å². The molecule has 1 aliphatic heterocycles. The highest BCUT2D eigenvalue weighted by molar-refractivity contribution is 6.15. The van der Waals surface area contributed by atoms with Gasteiger partial charge >= 0.3 is 5.97 Å². The number of esters is 1. The molecule has 1 aromatic heterocycles. The summed E-state index contributed by atoms with van der Waals surface area (Å²) >= 11 is 0. The molecule has 1 saturated heterocycles. The van der Waals surface area contributed by atoms with Gasteiger partial charge in [0.1, 0.15) is 12.7 Å². The topological polar surface area (TPSA) is 84.7 Å². The summed E-state index contributed by atoms with van der Waals surface area (Å²) in [4.78, 5) is 25.6. The van der Waals surface area contributed by atoms with Gasteiger partial charge in [-0.3, -0.25) is 9.59 Å². The largest absolute Gasteiger partial charge is 0.463 e. The molecule has 3 aromatic carbocycles. The lowest BCUT2D eigenvalue weighted by Crippen LogP contribution is -2.21. The molecule has 34 heavy (non-hydrogen) atoms.